The van der Waals surface area contributed by atoms with Crippen molar-refractivity contribution in [2.75, 3.05) is 33.7 Å². The first kappa shape index (κ1) is 18.1. The van der Waals surface area contributed by atoms with Gasteiger partial charge < -0.3 is 10.2 Å². The molecule has 1 heterocycles. The molecule has 2 rings (SSSR count). The number of benzene rings is 1. The van der Waals surface area contributed by atoms with Crippen LogP contribution in [-0.2, 0) is 4.79 Å². The molecule has 1 aromatic carbocycles. The molecule has 1 aromatic rings. The van der Waals surface area contributed by atoms with E-state index in [0.29, 0.717) is 17.7 Å². The highest BCUT2D eigenvalue weighted by Crippen LogP contribution is 2.22. The number of halogens is 1. The Bertz CT molecular complexity index is 540. The number of hydrogen-bond acceptors (Lipinski definition) is 4. The molecule has 0 bridgehead atoms. The highest BCUT2D eigenvalue weighted by Gasteiger charge is 2.34. The number of imide groups is 1. The van der Waals surface area contributed by atoms with Gasteiger partial charge in [0.1, 0.15) is 0 Å². The average molecular weight is 326 g/mol. The third kappa shape index (κ3) is 4.05. The standard InChI is InChI=1S/C15H19N3O3.ClH/c1-17(2)10-8-16-13(19)7-9-18-14(20)11-5-3-4-6-12(11)15(18)21;/h3-6H,7-10H2,1-2H3,(H,16,19);1H. The van der Waals surface area contributed by atoms with Gasteiger partial charge in [-0.25, -0.2) is 0 Å². The summed E-state index contributed by atoms with van der Waals surface area (Å²) >= 11 is 0. The molecule has 1 aliphatic heterocycles. The third-order valence-corrected chi connectivity index (χ3v) is 3.32. The minimum atomic E-state index is -0.323. The fraction of sp³-hybridized carbons (Fsp3) is 0.400. The zero-order valence-electron chi connectivity index (χ0n) is 12.7. The van der Waals surface area contributed by atoms with Gasteiger partial charge in [0.25, 0.3) is 11.8 Å². The van der Waals surface area contributed by atoms with Crippen molar-refractivity contribution in [1.29, 1.82) is 0 Å². The lowest BCUT2D eigenvalue weighted by Crippen LogP contribution is -2.36. The fourth-order valence-corrected chi connectivity index (χ4v) is 2.16. The summed E-state index contributed by atoms with van der Waals surface area (Å²) in [6.45, 7) is 1.41. The maximum atomic E-state index is 12.1. The van der Waals surface area contributed by atoms with Gasteiger partial charge >= 0.3 is 0 Å². The van der Waals surface area contributed by atoms with Crippen molar-refractivity contribution in [3.8, 4) is 0 Å². The van der Waals surface area contributed by atoms with Gasteiger partial charge in [-0.15, -0.1) is 12.4 Å². The molecule has 7 heteroatoms. The zero-order chi connectivity index (χ0) is 15.4. The van der Waals surface area contributed by atoms with Crippen LogP contribution in [0.3, 0.4) is 0 Å². The Balaban J connectivity index is 0.00000242. The SMILES string of the molecule is CN(C)CCNC(=O)CCN1C(=O)c2ccccc2C1=O.Cl. The maximum Gasteiger partial charge on any atom is 0.261 e. The molecule has 120 valence electrons. The van der Waals surface area contributed by atoms with Crippen LogP contribution in [0.15, 0.2) is 24.3 Å². The van der Waals surface area contributed by atoms with Crippen LogP contribution in [-0.4, -0.2) is 61.3 Å². The number of carbonyl (C=O) groups is 3. The second-order valence-corrected chi connectivity index (χ2v) is 5.21. The second-order valence-electron chi connectivity index (χ2n) is 5.21. The van der Waals surface area contributed by atoms with Gasteiger partial charge in [0, 0.05) is 26.1 Å². The number of likely N-dealkylation sites (N-methyl/N-ethyl adjacent to an activating group) is 1. The fourth-order valence-electron chi connectivity index (χ4n) is 2.16. The predicted molar refractivity (Wildman–Crippen MR) is 85.2 cm³/mol. The molecule has 6 nitrogen and oxygen atoms in total. The summed E-state index contributed by atoms with van der Waals surface area (Å²) in [6.07, 6.45) is 0.124. The molecule has 1 N–H and O–H groups in total. The second kappa shape index (κ2) is 7.91. The highest BCUT2D eigenvalue weighted by atomic mass is 35.5. The summed E-state index contributed by atoms with van der Waals surface area (Å²) in [6, 6.07) is 6.71. The van der Waals surface area contributed by atoms with Crippen molar-refractivity contribution in [2.45, 2.75) is 6.42 Å². The molecule has 0 saturated heterocycles. The lowest BCUT2D eigenvalue weighted by molar-refractivity contribution is -0.121. The van der Waals surface area contributed by atoms with Crippen LogP contribution in [0.2, 0.25) is 0 Å². The van der Waals surface area contributed by atoms with E-state index in [1.807, 2.05) is 19.0 Å². The Morgan fingerprint density at radius 1 is 1.14 bits per heavy atom. The van der Waals surface area contributed by atoms with Gasteiger partial charge in [0.15, 0.2) is 0 Å². The Morgan fingerprint density at radius 3 is 2.18 bits per heavy atom. The summed E-state index contributed by atoms with van der Waals surface area (Å²) in [5.41, 5.74) is 0.825. The van der Waals surface area contributed by atoms with Crippen molar-refractivity contribution in [1.82, 2.24) is 15.1 Å². The summed E-state index contributed by atoms with van der Waals surface area (Å²) in [4.78, 5) is 39.0. The van der Waals surface area contributed by atoms with E-state index in [-0.39, 0.29) is 43.1 Å². The first-order valence-electron chi connectivity index (χ1n) is 6.87. The Morgan fingerprint density at radius 2 is 1.68 bits per heavy atom. The van der Waals surface area contributed by atoms with Gasteiger partial charge in [-0.3, -0.25) is 19.3 Å². The molecule has 0 unspecified atom stereocenters. The Hall–Kier alpha value is -1.92. The Labute approximate surface area is 135 Å². The monoisotopic (exact) mass is 325 g/mol. The average Bonchev–Trinajstić information content (AvgIpc) is 2.69. The van der Waals surface area contributed by atoms with Crippen molar-refractivity contribution in [2.24, 2.45) is 0 Å². The quantitative estimate of drug-likeness (QED) is 0.784. The lowest BCUT2D eigenvalue weighted by Gasteiger charge is -2.14. The van der Waals surface area contributed by atoms with Crippen molar-refractivity contribution in [3.63, 3.8) is 0 Å². The largest absolute Gasteiger partial charge is 0.355 e. The molecule has 0 fully saturated rings. The molecule has 22 heavy (non-hydrogen) atoms. The first-order chi connectivity index (χ1) is 10.0. The van der Waals surface area contributed by atoms with Crippen LogP contribution in [0.5, 0.6) is 0 Å². The van der Waals surface area contributed by atoms with Crippen LogP contribution >= 0.6 is 12.4 Å². The molecular weight excluding hydrogens is 306 g/mol. The van der Waals surface area contributed by atoms with E-state index in [4.69, 9.17) is 0 Å². The summed E-state index contributed by atoms with van der Waals surface area (Å²) in [5, 5.41) is 2.76. The normalized spacial score (nSPS) is 13.1. The van der Waals surface area contributed by atoms with Gasteiger partial charge in [-0.05, 0) is 26.2 Å². The van der Waals surface area contributed by atoms with E-state index in [0.717, 1.165) is 11.4 Å². The molecule has 0 aliphatic carbocycles. The van der Waals surface area contributed by atoms with Crippen LogP contribution in [0.25, 0.3) is 0 Å². The molecule has 0 atom stereocenters. The van der Waals surface area contributed by atoms with E-state index < -0.39 is 0 Å². The van der Waals surface area contributed by atoms with E-state index in [9.17, 15) is 14.4 Å². The molecule has 1 aliphatic rings. The van der Waals surface area contributed by atoms with Crippen LogP contribution in [0.1, 0.15) is 27.1 Å². The smallest absolute Gasteiger partial charge is 0.261 e. The number of rotatable bonds is 6. The lowest BCUT2D eigenvalue weighted by atomic mass is 10.1. The van der Waals surface area contributed by atoms with E-state index >= 15 is 0 Å². The highest BCUT2D eigenvalue weighted by molar-refractivity contribution is 6.21. The maximum absolute atomic E-state index is 12.1. The zero-order valence-corrected chi connectivity index (χ0v) is 13.5. The molecule has 0 radical (unpaired) electrons. The van der Waals surface area contributed by atoms with Crippen LogP contribution in [0.4, 0.5) is 0 Å². The van der Waals surface area contributed by atoms with Crippen LogP contribution in [0, 0.1) is 0 Å². The van der Waals surface area contributed by atoms with Crippen molar-refractivity contribution >= 4 is 30.1 Å². The summed E-state index contributed by atoms with van der Waals surface area (Å²) in [7, 11) is 3.84. The van der Waals surface area contributed by atoms with Crippen molar-refractivity contribution in [3.05, 3.63) is 35.4 Å². The van der Waals surface area contributed by atoms with Gasteiger partial charge in [0.2, 0.25) is 5.91 Å². The number of fused-ring (bicyclic) bond motifs is 1. The summed E-state index contributed by atoms with van der Waals surface area (Å²) in [5.74, 6) is -0.804. The van der Waals surface area contributed by atoms with Crippen molar-refractivity contribution < 1.29 is 14.4 Å². The van der Waals surface area contributed by atoms with Gasteiger partial charge in [-0.2, -0.15) is 0 Å². The van der Waals surface area contributed by atoms with E-state index in [1.54, 1.807) is 24.3 Å². The third-order valence-electron chi connectivity index (χ3n) is 3.32. The number of nitrogens with one attached hydrogen (secondary N) is 1. The topological polar surface area (TPSA) is 69.7 Å². The molecule has 0 aromatic heterocycles. The van der Waals surface area contributed by atoms with Gasteiger partial charge in [-0.1, -0.05) is 12.1 Å². The van der Waals surface area contributed by atoms with Gasteiger partial charge in [0.05, 0.1) is 11.1 Å². The van der Waals surface area contributed by atoms with E-state index in [2.05, 4.69) is 5.32 Å². The minimum absolute atomic E-state index is 0. The number of nitrogens with zero attached hydrogens (tertiary/aromatic N) is 2. The van der Waals surface area contributed by atoms with E-state index in [1.165, 1.54) is 0 Å². The number of amides is 3. The molecular formula is C15H20ClN3O3. The molecule has 3 amide bonds. The predicted octanol–water partition coefficient (Wildman–Crippen LogP) is 0.772. The molecule has 0 saturated carbocycles. The first-order valence-corrected chi connectivity index (χ1v) is 6.87. The minimum Gasteiger partial charge on any atom is -0.355 e. The Kier molecular flexibility index (Phi) is 6.52. The number of carbonyl (C=O) groups excluding carboxylic acids is 3. The van der Waals surface area contributed by atoms with Crippen LogP contribution < -0.4 is 5.32 Å². The molecule has 0 spiro atoms. The number of hydrogen-bond donors (Lipinski definition) is 1. The summed E-state index contributed by atoms with van der Waals surface area (Å²) < 4.78 is 0.